The Bertz CT molecular complexity index is 292. The van der Waals surface area contributed by atoms with E-state index < -0.39 is 0 Å². The van der Waals surface area contributed by atoms with Crippen molar-refractivity contribution >= 4 is 28.7 Å². The lowest BCUT2D eigenvalue weighted by Crippen LogP contribution is -1.91. The van der Waals surface area contributed by atoms with E-state index in [1.165, 1.54) is 5.56 Å². The second kappa shape index (κ2) is 4.60. The van der Waals surface area contributed by atoms with E-state index in [2.05, 4.69) is 46.6 Å². The smallest absolute Gasteiger partial charge is 0.0659 e. The average Bonchev–Trinajstić information content (AvgIpc) is 2.09. The number of aromatic nitrogens is 1. The highest BCUT2D eigenvalue weighted by atomic mass is 127. The molecule has 0 saturated heterocycles. The SMILES string of the molecule is C/C=C\c1nc(CI)ccc1C. The fourth-order valence-corrected chi connectivity index (χ4v) is 1.41. The van der Waals surface area contributed by atoms with Gasteiger partial charge in [-0.2, -0.15) is 0 Å². The van der Waals surface area contributed by atoms with Crippen LogP contribution in [0.2, 0.25) is 0 Å². The first-order valence-electron chi connectivity index (χ1n) is 3.93. The molecule has 0 bridgehead atoms. The molecule has 0 fully saturated rings. The quantitative estimate of drug-likeness (QED) is 0.594. The normalized spacial score (nSPS) is 10.9. The molecule has 1 nitrogen and oxygen atoms in total. The highest BCUT2D eigenvalue weighted by Gasteiger charge is 1.96. The summed E-state index contributed by atoms with van der Waals surface area (Å²) in [6, 6.07) is 4.20. The summed E-state index contributed by atoms with van der Waals surface area (Å²) in [7, 11) is 0. The van der Waals surface area contributed by atoms with E-state index in [1.54, 1.807) is 0 Å². The second-order valence-electron chi connectivity index (χ2n) is 2.64. The molecule has 0 spiro atoms. The summed E-state index contributed by atoms with van der Waals surface area (Å²) in [6.07, 6.45) is 4.07. The van der Waals surface area contributed by atoms with E-state index in [0.29, 0.717) is 0 Å². The molecule has 1 aromatic heterocycles. The summed E-state index contributed by atoms with van der Waals surface area (Å²) in [6.45, 7) is 4.09. The largest absolute Gasteiger partial charge is 0.252 e. The second-order valence-corrected chi connectivity index (χ2v) is 3.40. The molecule has 0 amide bonds. The number of allylic oxidation sites excluding steroid dienone is 1. The topological polar surface area (TPSA) is 12.9 Å². The molecule has 2 heteroatoms. The van der Waals surface area contributed by atoms with Gasteiger partial charge in [0.25, 0.3) is 0 Å². The molecule has 0 aromatic carbocycles. The maximum Gasteiger partial charge on any atom is 0.0659 e. The first-order valence-corrected chi connectivity index (χ1v) is 5.45. The van der Waals surface area contributed by atoms with Gasteiger partial charge in [-0.3, -0.25) is 4.98 Å². The van der Waals surface area contributed by atoms with Crippen LogP contribution in [0.3, 0.4) is 0 Å². The monoisotopic (exact) mass is 273 g/mol. The zero-order valence-electron chi connectivity index (χ0n) is 7.34. The van der Waals surface area contributed by atoms with E-state index in [9.17, 15) is 0 Å². The zero-order valence-corrected chi connectivity index (χ0v) is 9.50. The standard InChI is InChI=1S/C10H12IN/c1-3-4-10-8(2)5-6-9(7-11)12-10/h3-6H,7H2,1-2H3/b4-3-. The molecule has 64 valence electrons. The molecular formula is C10H12IN. The Balaban J connectivity index is 3.08. The lowest BCUT2D eigenvalue weighted by Gasteiger charge is -2.01. The Morgan fingerprint density at radius 1 is 1.50 bits per heavy atom. The minimum absolute atomic E-state index is 0.975. The fraction of sp³-hybridized carbons (Fsp3) is 0.300. The van der Waals surface area contributed by atoms with Gasteiger partial charge in [-0.25, -0.2) is 0 Å². The molecular weight excluding hydrogens is 261 g/mol. The summed E-state index contributed by atoms with van der Waals surface area (Å²) < 4.78 is 0.975. The number of pyridine rings is 1. The lowest BCUT2D eigenvalue weighted by atomic mass is 10.2. The number of alkyl halides is 1. The first-order chi connectivity index (χ1) is 5.77. The van der Waals surface area contributed by atoms with Crippen molar-refractivity contribution in [2.45, 2.75) is 18.3 Å². The Labute approximate surface area is 87.0 Å². The van der Waals surface area contributed by atoms with Crippen LogP contribution in [0, 0.1) is 6.92 Å². The molecule has 1 aromatic rings. The molecule has 1 heterocycles. The molecule has 0 aliphatic heterocycles. The van der Waals surface area contributed by atoms with E-state index in [4.69, 9.17) is 0 Å². The summed E-state index contributed by atoms with van der Waals surface area (Å²) in [4.78, 5) is 4.49. The van der Waals surface area contributed by atoms with Crippen LogP contribution in [0.4, 0.5) is 0 Å². The fourth-order valence-electron chi connectivity index (χ4n) is 0.988. The number of halogens is 1. The van der Waals surface area contributed by atoms with Crippen molar-refractivity contribution in [1.82, 2.24) is 4.98 Å². The molecule has 0 radical (unpaired) electrons. The Hall–Kier alpha value is -0.380. The van der Waals surface area contributed by atoms with Crippen LogP contribution in [-0.4, -0.2) is 4.98 Å². The van der Waals surface area contributed by atoms with Gasteiger partial charge in [-0.1, -0.05) is 34.7 Å². The molecule has 0 atom stereocenters. The minimum Gasteiger partial charge on any atom is -0.252 e. The van der Waals surface area contributed by atoms with E-state index in [0.717, 1.165) is 15.8 Å². The van der Waals surface area contributed by atoms with Gasteiger partial charge in [0.2, 0.25) is 0 Å². The molecule has 1 rings (SSSR count). The van der Waals surface area contributed by atoms with E-state index in [-0.39, 0.29) is 0 Å². The Kier molecular flexibility index (Phi) is 3.72. The summed E-state index contributed by atoms with van der Waals surface area (Å²) >= 11 is 2.32. The molecule has 12 heavy (non-hydrogen) atoms. The van der Waals surface area contributed by atoms with E-state index in [1.807, 2.05) is 19.1 Å². The predicted octanol–water partition coefficient (Wildman–Crippen LogP) is 3.36. The van der Waals surface area contributed by atoms with Gasteiger partial charge < -0.3 is 0 Å². The van der Waals surface area contributed by atoms with Gasteiger partial charge in [-0.15, -0.1) is 0 Å². The molecule has 0 unspecified atom stereocenters. The highest BCUT2D eigenvalue weighted by Crippen LogP contribution is 2.10. The van der Waals surface area contributed by atoms with Crippen molar-refractivity contribution in [3.8, 4) is 0 Å². The third-order valence-electron chi connectivity index (χ3n) is 1.66. The highest BCUT2D eigenvalue weighted by molar-refractivity contribution is 14.1. The van der Waals surface area contributed by atoms with Crippen molar-refractivity contribution in [2.75, 3.05) is 0 Å². The van der Waals surface area contributed by atoms with Crippen LogP contribution >= 0.6 is 22.6 Å². The van der Waals surface area contributed by atoms with Crippen molar-refractivity contribution in [3.63, 3.8) is 0 Å². The van der Waals surface area contributed by atoms with Crippen molar-refractivity contribution < 1.29 is 0 Å². The maximum absolute atomic E-state index is 4.49. The maximum atomic E-state index is 4.49. The number of nitrogens with zero attached hydrogens (tertiary/aromatic N) is 1. The van der Waals surface area contributed by atoms with Gasteiger partial charge in [0.05, 0.1) is 11.4 Å². The van der Waals surface area contributed by atoms with Crippen LogP contribution in [0.25, 0.3) is 6.08 Å². The lowest BCUT2D eigenvalue weighted by molar-refractivity contribution is 1.14. The zero-order chi connectivity index (χ0) is 8.97. The third kappa shape index (κ3) is 2.30. The van der Waals surface area contributed by atoms with Crippen LogP contribution in [0.1, 0.15) is 23.9 Å². The summed E-state index contributed by atoms with van der Waals surface area (Å²) in [5.41, 5.74) is 3.47. The minimum atomic E-state index is 0.975. The number of hydrogen-bond donors (Lipinski definition) is 0. The van der Waals surface area contributed by atoms with Gasteiger partial charge in [0.15, 0.2) is 0 Å². The first kappa shape index (κ1) is 9.71. The van der Waals surface area contributed by atoms with Crippen molar-refractivity contribution in [1.29, 1.82) is 0 Å². The average molecular weight is 273 g/mol. The van der Waals surface area contributed by atoms with Gasteiger partial charge in [0, 0.05) is 4.43 Å². The van der Waals surface area contributed by atoms with Crippen LogP contribution in [0.15, 0.2) is 18.2 Å². The molecule has 0 aliphatic rings. The Morgan fingerprint density at radius 3 is 2.83 bits per heavy atom. The molecule has 0 aliphatic carbocycles. The van der Waals surface area contributed by atoms with Crippen molar-refractivity contribution in [3.05, 3.63) is 35.2 Å². The summed E-state index contributed by atoms with van der Waals surface area (Å²) in [5, 5.41) is 0. The van der Waals surface area contributed by atoms with Gasteiger partial charge in [-0.05, 0) is 31.6 Å². The Morgan fingerprint density at radius 2 is 2.25 bits per heavy atom. The van der Waals surface area contributed by atoms with Crippen molar-refractivity contribution in [2.24, 2.45) is 0 Å². The summed E-state index contributed by atoms with van der Waals surface area (Å²) in [5.74, 6) is 0. The van der Waals surface area contributed by atoms with Crippen LogP contribution in [-0.2, 0) is 4.43 Å². The number of hydrogen-bond acceptors (Lipinski definition) is 1. The number of rotatable bonds is 2. The van der Waals surface area contributed by atoms with E-state index >= 15 is 0 Å². The molecule has 0 saturated carbocycles. The van der Waals surface area contributed by atoms with Crippen LogP contribution < -0.4 is 0 Å². The number of aryl methyl sites for hydroxylation is 1. The third-order valence-corrected chi connectivity index (χ3v) is 2.44. The van der Waals surface area contributed by atoms with Gasteiger partial charge in [0.1, 0.15) is 0 Å². The predicted molar refractivity (Wildman–Crippen MR) is 61.4 cm³/mol. The molecule has 0 N–H and O–H groups in total. The van der Waals surface area contributed by atoms with Gasteiger partial charge >= 0.3 is 0 Å². The van der Waals surface area contributed by atoms with Crippen LogP contribution in [0.5, 0.6) is 0 Å².